The van der Waals surface area contributed by atoms with Crippen molar-refractivity contribution in [2.75, 3.05) is 12.9 Å². The van der Waals surface area contributed by atoms with Crippen LogP contribution in [0.15, 0.2) is 17.2 Å². The average molecular weight is 237 g/mol. The molecule has 0 saturated carbocycles. The zero-order valence-corrected chi connectivity index (χ0v) is 9.66. The van der Waals surface area contributed by atoms with Gasteiger partial charge >= 0.3 is 5.97 Å². The van der Waals surface area contributed by atoms with Gasteiger partial charge in [0, 0.05) is 12.2 Å². The summed E-state index contributed by atoms with van der Waals surface area (Å²) in [6.45, 7) is 0. The maximum absolute atomic E-state index is 10.8. The van der Waals surface area contributed by atoms with E-state index in [9.17, 15) is 4.79 Å². The van der Waals surface area contributed by atoms with Gasteiger partial charge in [-0.3, -0.25) is 4.79 Å². The molecule has 0 N–H and O–H groups in total. The Hall–Kier alpha value is -1.61. The molecule has 0 fully saturated rings. The zero-order valence-electron chi connectivity index (χ0n) is 8.84. The number of nitriles is 1. The van der Waals surface area contributed by atoms with Crippen LogP contribution < -0.4 is 0 Å². The van der Waals surface area contributed by atoms with Gasteiger partial charge in [0.25, 0.3) is 0 Å². The molecule has 0 radical (unpaired) electrons. The molecule has 1 rings (SSSR count). The first kappa shape index (κ1) is 12.5. The van der Waals surface area contributed by atoms with Gasteiger partial charge in [-0.25, -0.2) is 0 Å². The zero-order chi connectivity index (χ0) is 11.8. The van der Waals surface area contributed by atoms with Gasteiger partial charge < -0.3 is 4.74 Å². The quantitative estimate of drug-likeness (QED) is 0.437. The first-order chi connectivity index (χ1) is 7.76. The molecule has 0 aliphatic heterocycles. The number of rotatable bonds is 5. The van der Waals surface area contributed by atoms with Crippen molar-refractivity contribution in [2.24, 2.45) is 0 Å². The molecule has 0 spiro atoms. The summed E-state index contributed by atoms with van der Waals surface area (Å²) in [5, 5.41) is 16.8. The summed E-state index contributed by atoms with van der Waals surface area (Å²) in [6.07, 6.45) is 1.15. The van der Waals surface area contributed by atoms with Crippen LogP contribution in [0.25, 0.3) is 0 Å². The van der Waals surface area contributed by atoms with Crippen molar-refractivity contribution in [3.8, 4) is 6.07 Å². The predicted molar refractivity (Wildman–Crippen MR) is 58.7 cm³/mol. The molecule has 6 heteroatoms. The van der Waals surface area contributed by atoms with Crippen molar-refractivity contribution >= 4 is 17.7 Å². The first-order valence-corrected chi connectivity index (χ1v) is 5.68. The maximum atomic E-state index is 10.8. The lowest BCUT2D eigenvalue weighted by atomic mass is 10.3. The molecule has 5 nitrogen and oxygen atoms in total. The van der Waals surface area contributed by atoms with E-state index in [2.05, 4.69) is 14.9 Å². The van der Waals surface area contributed by atoms with E-state index < -0.39 is 0 Å². The van der Waals surface area contributed by atoms with Gasteiger partial charge in [-0.2, -0.15) is 5.26 Å². The van der Waals surface area contributed by atoms with E-state index in [-0.39, 0.29) is 5.97 Å². The molecule has 0 aliphatic carbocycles. The van der Waals surface area contributed by atoms with Crippen LogP contribution in [0, 0.1) is 11.3 Å². The van der Waals surface area contributed by atoms with Gasteiger partial charge in [0.05, 0.1) is 7.11 Å². The molecule has 0 unspecified atom stereocenters. The van der Waals surface area contributed by atoms with E-state index in [0.717, 1.165) is 17.2 Å². The van der Waals surface area contributed by atoms with E-state index in [1.807, 2.05) is 6.07 Å². The Morgan fingerprint density at radius 1 is 1.56 bits per heavy atom. The number of esters is 1. The molecule has 1 aromatic heterocycles. The number of methoxy groups -OCH3 is 1. The Labute approximate surface area is 97.8 Å². The highest BCUT2D eigenvalue weighted by molar-refractivity contribution is 7.99. The molecule has 1 heterocycles. The molecule has 0 aliphatic rings. The number of carbonyl (C=O) groups is 1. The van der Waals surface area contributed by atoms with Crippen molar-refractivity contribution in [1.82, 2.24) is 10.2 Å². The fourth-order valence-corrected chi connectivity index (χ4v) is 1.71. The second-order valence-electron chi connectivity index (χ2n) is 2.90. The summed E-state index contributed by atoms with van der Waals surface area (Å²) in [7, 11) is 1.38. The largest absolute Gasteiger partial charge is 0.469 e. The molecule has 1 aromatic rings. The predicted octanol–water partition coefficient (Wildman–Crippen LogP) is 1.39. The Morgan fingerprint density at radius 3 is 2.94 bits per heavy atom. The third-order valence-corrected chi connectivity index (χ3v) is 2.76. The number of aromatic nitrogens is 2. The summed E-state index contributed by atoms with van der Waals surface area (Å²) >= 11 is 1.50. The fourth-order valence-electron chi connectivity index (χ4n) is 0.952. The van der Waals surface area contributed by atoms with Crippen molar-refractivity contribution in [1.29, 1.82) is 5.26 Å². The lowest BCUT2D eigenvalue weighted by molar-refractivity contribution is -0.140. The minimum Gasteiger partial charge on any atom is -0.469 e. The third-order valence-electron chi connectivity index (χ3n) is 1.76. The highest BCUT2D eigenvalue weighted by atomic mass is 32.2. The van der Waals surface area contributed by atoms with Gasteiger partial charge in [-0.05, 0) is 18.6 Å². The summed E-state index contributed by atoms with van der Waals surface area (Å²) < 4.78 is 4.52. The average Bonchev–Trinajstić information content (AvgIpc) is 2.35. The molecule has 84 valence electrons. The second-order valence-corrected chi connectivity index (χ2v) is 4.01. The molecule has 0 amide bonds. The number of hydrogen-bond donors (Lipinski definition) is 0. The van der Waals surface area contributed by atoms with Crippen LogP contribution in [-0.2, 0) is 9.53 Å². The number of nitrogens with zero attached hydrogens (tertiary/aromatic N) is 3. The van der Waals surface area contributed by atoms with Gasteiger partial charge in [0.1, 0.15) is 11.1 Å². The topological polar surface area (TPSA) is 75.9 Å². The Morgan fingerprint density at radius 2 is 2.38 bits per heavy atom. The standard InChI is InChI=1S/C10H11N3O2S/c1-15-10(14)3-2-6-16-9-5-4-8(7-11)12-13-9/h4-5H,2-3,6H2,1H3. The lowest BCUT2D eigenvalue weighted by Gasteiger charge is -1.99. The van der Waals surface area contributed by atoms with Crippen LogP contribution in [0.5, 0.6) is 0 Å². The maximum Gasteiger partial charge on any atom is 0.305 e. The van der Waals surface area contributed by atoms with E-state index in [1.54, 1.807) is 12.1 Å². The molecule has 0 aromatic carbocycles. The smallest absolute Gasteiger partial charge is 0.305 e. The van der Waals surface area contributed by atoms with Gasteiger partial charge in [0.2, 0.25) is 0 Å². The number of ether oxygens (including phenoxy) is 1. The molecule has 0 atom stereocenters. The van der Waals surface area contributed by atoms with Crippen molar-refractivity contribution in [2.45, 2.75) is 17.9 Å². The van der Waals surface area contributed by atoms with Gasteiger partial charge in [-0.15, -0.1) is 22.0 Å². The highest BCUT2D eigenvalue weighted by Gasteiger charge is 2.01. The minimum absolute atomic E-state index is 0.202. The number of hydrogen-bond acceptors (Lipinski definition) is 6. The molecule has 16 heavy (non-hydrogen) atoms. The van der Waals surface area contributed by atoms with Gasteiger partial charge in [-0.1, -0.05) is 0 Å². The SMILES string of the molecule is COC(=O)CCCSc1ccc(C#N)nn1. The summed E-state index contributed by atoms with van der Waals surface area (Å²) in [4.78, 5) is 10.8. The highest BCUT2D eigenvalue weighted by Crippen LogP contribution is 2.15. The normalized spacial score (nSPS) is 9.50. The van der Waals surface area contributed by atoms with Crippen LogP contribution in [-0.4, -0.2) is 29.0 Å². The summed E-state index contributed by atoms with van der Waals surface area (Å²) in [6, 6.07) is 5.26. The Bertz CT molecular complexity index is 386. The lowest BCUT2D eigenvalue weighted by Crippen LogP contribution is -2.00. The van der Waals surface area contributed by atoms with Crippen molar-refractivity contribution < 1.29 is 9.53 Å². The third kappa shape index (κ3) is 4.28. The van der Waals surface area contributed by atoms with Crippen LogP contribution >= 0.6 is 11.8 Å². The molecule has 0 saturated heterocycles. The molecule has 0 bridgehead atoms. The second kappa shape index (κ2) is 6.80. The van der Waals surface area contributed by atoms with Crippen LogP contribution in [0.4, 0.5) is 0 Å². The van der Waals surface area contributed by atoms with Crippen molar-refractivity contribution in [3.05, 3.63) is 17.8 Å². The van der Waals surface area contributed by atoms with Crippen LogP contribution in [0.3, 0.4) is 0 Å². The van der Waals surface area contributed by atoms with Gasteiger partial charge in [0.15, 0.2) is 5.69 Å². The first-order valence-electron chi connectivity index (χ1n) is 4.69. The van der Waals surface area contributed by atoms with E-state index in [1.165, 1.54) is 18.9 Å². The Balaban J connectivity index is 2.27. The van der Waals surface area contributed by atoms with Crippen molar-refractivity contribution in [3.63, 3.8) is 0 Å². The Kier molecular flexibility index (Phi) is 5.29. The molecular formula is C10H11N3O2S. The number of thioether (sulfide) groups is 1. The fraction of sp³-hybridized carbons (Fsp3) is 0.400. The van der Waals surface area contributed by atoms with Crippen LogP contribution in [0.1, 0.15) is 18.5 Å². The summed E-state index contributed by atoms with van der Waals surface area (Å²) in [5.74, 6) is 0.571. The summed E-state index contributed by atoms with van der Waals surface area (Å²) in [5.41, 5.74) is 0.305. The number of carbonyl (C=O) groups excluding carboxylic acids is 1. The van der Waals surface area contributed by atoms with E-state index >= 15 is 0 Å². The minimum atomic E-state index is -0.202. The molecular weight excluding hydrogens is 226 g/mol. The van der Waals surface area contributed by atoms with E-state index in [4.69, 9.17) is 5.26 Å². The van der Waals surface area contributed by atoms with E-state index in [0.29, 0.717) is 12.1 Å². The monoisotopic (exact) mass is 237 g/mol. The van der Waals surface area contributed by atoms with Crippen LogP contribution in [0.2, 0.25) is 0 Å².